The van der Waals surface area contributed by atoms with Crippen LogP contribution in [0.5, 0.6) is 0 Å². The number of rotatable bonds is 2. The van der Waals surface area contributed by atoms with Gasteiger partial charge in [0.05, 0.1) is 6.61 Å². The highest BCUT2D eigenvalue weighted by Gasteiger charge is 2.24. The Morgan fingerprint density at radius 3 is 2.47 bits per heavy atom. The van der Waals surface area contributed by atoms with Gasteiger partial charge in [0.25, 0.3) is 0 Å². The topological polar surface area (TPSA) is 21.3 Å². The predicted molar refractivity (Wildman–Crippen MR) is 58.3 cm³/mol. The van der Waals surface area contributed by atoms with Crippen molar-refractivity contribution in [2.24, 2.45) is 5.92 Å². The zero-order chi connectivity index (χ0) is 12.4. The lowest BCUT2D eigenvalue weighted by molar-refractivity contribution is 0.0536. The van der Waals surface area contributed by atoms with E-state index in [1.165, 1.54) is 0 Å². The summed E-state index contributed by atoms with van der Waals surface area (Å²) in [5.41, 5.74) is -0.259. The number of nitrogens with one attached hydrogen (secondary N) is 1. The first-order valence-electron chi connectivity index (χ1n) is 5.56. The van der Waals surface area contributed by atoms with Crippen LogP contribution in [0.2, 0.25) is 0 Å². The molecule has 1 aromatic rings. The third kappa shape index (κ3) is 2.72. The predicted octanol–water partition coefficient (Wildman–Crippen LogP) is 2.94. The van der Waals surface area contributed by atoms with Crippen molar-refractivity contribution in [1.29, 1.82) is 0 Å². The third-order valence-electron chi connectivity index (χ3n) is 2.98. The molecule has 0 bridgehead atoms. The van der Waals surface area contributed by atoms with Gasteiger partial charge in [0.2, 0.25) is 0 Å². The van der Waals surface area contributed by atoms with Gasteiger partial charge in [-0.3, -0.25) is 0 Å². The molecule has 0 amide bonds. The molecule has 17 heavy (non-hydrogen) atoms. The largest absolute Gasteiger partial charge is 0.381 e. The second kappa shape index (κ2) is 4.96. The summed E-state index contributed by atoms with van der Waals surface area (Å²) >= 11 is 0. The van der Waals surface area contributed by atoms with Gasteiger partial charge in [0, 0.05) is 24.8 Å². The highest BCUT2D eigenvalue weighted by molar-refractivity contribution is 5.47. The molecule has 1 aliphatic rings. The summed E-state index contributed by atoms with van der Waals surface area (Å²) in [5.74, 6) is -2.56. The van der Waals surface area contributed by atoms with Crippen molar-refractivity contribution in [3.8, 4) is 0 Å². The fourth-order valence-corrected chi connectivity index (χ4v) is 1.96. The molecule has 1 N–H and O–H groups in total. The van der Waals surface area contributed by atoms with E-state index in [2.05, 4.69) is 5.32 Å². The molecule has 1 aromatic carbocycles. The highest BCUT2D eigenvalue weighted by Crippen LogP contribution is 2.25. The molecule has 0 radical (unpaired) electrons. The van der Waals surface area contributed by atoms with Gasteiger partial charge < -0.3 is 10.1 Å². The van der Waals surface area contributed by atoms with Crippen LogP contribution in [0.4, 0.5) is 18.9 Å². The van der Waals surface area contributed by atoms with Crippen molar-refractivity contribution in [1.82, 2.24) is 0 Å². The van der Waals surface area contributed by atoms with Gasteiger partial charge in [-0.2, -0.15) is 0 Å². The van der Waals surface area contributed by atoms with Crippen LogP contribution in [0.15, 0.2) is 12.1 Å². The van der Waals surface area contributed by atoms with E-state index in [1.807, 2.05) is 6.92 Å². The van der Waals surface area contributed by atoms with E-state index in [9.17, 15) is 13.2 Å². The van der Waals surface area contributed by atoms with Gasteiger partial charge in [0.15, 0.2) is 11.6 Å². The SMILES string of the molecule is CC1COCCC1Nc1c(F)cc(F)cc1F. The Labute approximate surface area is 97.8 Å². The molecule has 1 fully saturated rings. The van der Waals surface area contributed by atoms with Crippen LogP contribution in [0.3, 0.4) is 0 Å². The van der Waals surface area contributed by atoms with Crippen molar-refractivity contribution >= 4 is 5.69 Å². The number of benzene rings is 1. The molecule has 2 unspecified atom stereocenters. The Hall–Kier alpha value is -1.23. The zero-order valence-corrected chi connectivity index (χ0v) is 9.47. The van der Waals surface area contributed by atoms with Crippen molar-refractivity contribution in [3.63, 3.8) is 0 Å². The normalized spacial score (nSPS) is 24.7. The monoisotopic (exact) mass is 245 g/mol. The minimum absolute atomic E-state index is 0.0572. The number of hydrogen-bond acceptors (Lipinski definition) is 2. The molecular weight excluding hydrogens is 231 g/mol. The fraction of sp³-hybridized carbons (Fsp3) is 0.500. The Bertz CT molecular complexity index is 388. The van der Waals surface area contributed by atoms with Crippen LogP contribution in [0.25, 0.3) is 0 Å². The fourth-order valence-electron chi connectivity index (χ4n) is 1.96. The van der Waals surface area contributed by atoms with Crippen LogP contribution in [-0.4, -0.2) is 19.3 Å². The first kappa shape index (κ1) is 12.2. The molecule has 0 spiro atoms. The summed E-state index contributed by atoms with van der Waals surface area (Å²) < 4.78 is 44.8. The lowest BCUT2D eigenvalue weighted by Gasteiger charge is -2.30. The standard InChI is InChI=1S/C12H14F3NO/c1-7-6-17-3-2-11(7)16-12-9(14)4-8(13)5-10(12)15/h4-5,7,11,16H,2-3,6H2,1H3. The second-order valence-corrected chi connectivity index (χ2v) is 4.34. The maximum absolute atomic E-state index is 13.4. The maximum Gasteiger partial charge on any atom is 0.152 e. The molecule has 5 heteroatoms. The van der Waals surface area contributed by atoms with E-state index < -0.39 is 17.5 Å². The highest BCUT2D eigenvalue weighted by atomic mass is 19.1. The number of halogens is 3. The first-order chi connectivity index (χ1) is 8.08. The minimum atomic E-state index is -0.912. The van der Waals surface area contributed by atoms with E-state index in [4.69, 9.17) is 4.74 Å². The van der Waals surface area contributed by atoms with E-state index in [-0.39, 0.29) is 17.6 Å². The first-order valence-corrected chi connectivity index (χ1v) is 5.56. The Balaban J connectivity index is 2.17. The molecule has 1 saturated heterocycles. The van der Waals surface area contributed by atoms with Gasteiger partial charge in [-0.05, 0) is 12.3 Å². The summed E-state index contributed by atoms with van der Waals surface area (Å²) in [6.07, 6.45) is 0.678. The van der Waals surface area contributed by atoms with Crippen molar-refractivity contribution < 1.29 is 17.9 Å². The van der Waals surface area contributed by atoms with Gasteiger partial charge in [0.1, 0.15) is 11.5 Å². The smallest absolute Gasteiger partial charge is 0.152 e. The molecule has 2 atom stereocenters. The van der Waals surface area contributed by atoms with Crippen molar-refractivity contribution in [2.45, 2.75) is 19.4 Å². The van der Waals surface area contributed by atoms with E-state index >= 15 is 0 Å². The second-order valence-electron chi connectivity index (χ2n) is 4.34. The molecule has 2 nitrogen and oxygen atoms in total. The molecular formula is C12H14F3NO. The molecule has 1 aliphatic heterocycles. The Kier molecular flexibility index (Phi) is 3.57. The minimum Gasteiger partial charge on any atom is -0.381 e. The van der Waals surface area contributed by atoms with Crippen LogP contribution >= 0.6 is 0 Å². The van der Waals surface area contributed by atoms with Crippen LogP contribution in [-0.2, 0) is 4.74 Å². The average molecular weight is 245 g/mol. The number of anilines is 1. The molecule has 1 heterocycles. The lowest BCUT2D eigenvalue weighted by atomic mass is 9.97. The maximum atomic E-state index is 13.4. The Morgan fingerprint density at radius 1 is 1.24 bits per heavy atom. The molecule has 2 rings (SSSR count). The molecule has 94 valence electrons. The van der Waals surface area contributed by atoms with E-state index in [0.29, 0.717) is 31.8 Å². The lowest BCUT2D eigenvalue weighted by Crippen LogP contribution is -2.36. The van der Waals surface area contributed by atoms with Crippen molar-refractivity contribution in [2.75, 3.05) is 18.5 Å². The molecule has 0 aromatic heterocycles. The number of ether oxygens (including phenoxy) is 1. The molecule has 0 saturated carbocycles. The van der Waals surface area contributed by atoms with Gasteiger partial charge >= 0.3 is 0 Å². The quantitative estimate of drug-likeness (QED) is 0.865. The summed E-state index contributed by atoms with van der Waals surface area (Å²) in [6.45, 7) is 3.06. The third-order valence-corrected chi connectivity index (χ3v) is 2.98. The summed E-state index contributed by atoms with van der Waals surface area (Å²) in [5, 5.41) is 2.80. The van der Waals surface area contributed by atoms with Gasteiger partial charge in [-0.1, -0.05) is 6.92 Å². The van der Waals surface area contributed by atoms with E-state index in [0.717, 1.165) is 0 Å². The zero-order valence-electron chi connectivity index (χ0n) is 9.47. The number of hydrogen-bond donors (Lipinski definition) is 1. The van der Waals surface area contributed by atoms with Crippen molar-refractivity contribution in [3.05, 3.63) is 29.6 Å². The van der Waals surface area contributed by atoms with Crippen LogP contribution in [0.1, 0.15) is 13.3 Å². The summed E-state index contributed by atoms with van der Waals surface area (Å²) in [6, 6.07) is 1.29. The summed E-state index contributed by atoms with van der Waals surface area (Å²) in [4.78, 5) is 0. The van der Waals surface area contributed by atoms with Crippen LogP contribution in [0, 0.1) is 23.4 Å². The van der Waals surface area contributed by atoms with Crippen LogP contribution < -0.4 is 5.32 Å². The Morgan fingerprint density at radius 2 is 1.88 bits per heavy atom. The summed E-state index contributed by atoms with van der Waals surface area (Å²) in [7, 11) is 0. The van der Waals surface area contributed by atoms with E-state index in [1.54, 1.807) is 0 Å². The molecule has 0 aliphatic carbocycles. The average Bonchev–Trinajstić information content (AvgIpc) is 2.25. The van der Waals surface area contributed by atoms with Gasteiger partial charge in [-0.15, -0.1) is 0 Å². The van der Waals surface area contributed by atoms with Gasteiger partial charge in [-0.25, -0.2) is 13.2 Å².